The van der Waals surface area contributed by atoms with Crippen molar-refractivity contribution in [1.29, 1.82) is 0 Å². The number of hydrogen-bond donors (Lipinski definition) is 2. The highest BCUT2D eigenvalue weighted by Crippen LogP contribution is 2.35. The Kier molecular flexibility index (Phi) is 3.31. The lowest BCUT2D eigenvalue weighted by atomic mass is 10.0. The average molecular weight is 272 g/mol. The minimum atomic E-state index is -1.53. The highest BCUT2D eigenvalue weighted by molar-refractivity contribution is 5.23. The van der Waals surface area contributed by atoms with E-state index in [0.717, 1.165) is 0 Å². The summed E-state index contributed by atoms with van der Waals surface area (Å²) in [6.45, 7) is -0.273. The van der Waals surface area contributed by atoms with E-state index in [0.29, 0.717) is 11.1 Å². The van der Waals surface area contributed by atoms with Gasteiger partial charge in [-0.2, -0.15) is 0 Å². The summed E-state index contributed by atoms with van der Waals surface area (Å²) in [5.74, 6) is -3.05. The van der Waals surface area contributed by atoms with Crippen molar-refractivity contribution in [2.45, 2.75) is 11.6 Å². The number of benzene rings is 2. The van der Waals surface area contributed by atoms with E-state index in [2.05, 4.69) is 0 Å². The van der Waals surface area contributed by atoms with Crippen molar-refractivity contribution in [3.05, 3.63) is 71.8 Å². The topological polar surface area (TPSA) is 58.9 Å². The van der Waals surface area contributed by atoms with Gasteiger partial charge in [0.15, 0.2) is 0 Å². The summed E-state index contributed by atoms with van der Waals surface area (Å²) < 4.78 is 11.0. The van der Waals surface area contributed by atoms with Crippen LogP contribution in [0.5, 0.6) is 0 Å². The zero-order valence-electron chi connectivity index (χ0n) is 10.9. The molecule has 1 aliphatic rings. The van der Waals surface area contributed by atoms with Gasteiger partial charge in [0.05, 0.1) is 0 Å². The molecule has 2 unspecified atom stereocenters. The molecule has 0 amide bonds. The molecule has 1 fully saturated rings. The highest BCUT2D eigenvalue weighted by atomic mass is 16.7. The average Bonchev–Trinajstić information content (AvgIpc) is 2.52. The van der Waals surface area contributed by atoms with Crippen LogP contribution in [-0.4, -0.2) is 23.4 Å². The summed E-state index contributed by atoms with van der Waals surface area (Å²) in [6.07, 6.45) is 0. The normalized spacial score (nSPS) is 30.1. The van der Waals surface area contributed by atoms with Crippen molar-refractivity contribution >= 4 is 0 Å². The minimum Gasteiger partial charge on any atom is -0.360 e. The molecule has 0 aliphatic carbocycles. The Labute approximate surface area is 117 Å². The van der Waals surface area contributed by atoms with Gasteiger partial charge in [0.2, 0.25) is 11.6 Å². The SMILES string of the molecule is OC1(c2ccccc2)COC(O)(c2ccccc2)CO1. The zero-order chi connectivity index (χ0) is 14.1. The van der Waals surface area contributed by atoms with Gasteiger partial charge in [0.1, 0.15) is 13.2 Å². The molecule has 0 spiro atoms. The van der Waals surface area contributed by atoms with Crippen LogP contribution in [0.4, 0.5) is 0 Å². The van der Waals surface area contributed by atoms with Crippen molar-refractivity contribution in [3.63, 3.8) is 0 Å². The first-order valence-corrected chi connectivity index (χ1v) is 6.46. The molecule has 104 valence electrons. The standard InChI is InChI=1S/C16H16O4/c17-15(13-7-3-1-4-8-13)11-20-16(18,12-19-15)14-9-5-2-6-10-14/h1-10,17-18H,11-12H2. The van der Waals surface area contributed by atoms with E-state index in [9.17, 15) is 10.2 Å². The Hall–Kier alpha value is -1.72. The molecule has 4 nitrogen and oxygen atoms in total. The van der Waals surface area contributed by atoms with Crippen molar-refractivity contribution in [3.8, 4) is 0 Å². The first-order valence-electron chi connectivity index (χ1n) is 6.46. The molecule has 0 bridgehead atoms. The second-order valence-corrected chi connectivity index (χ2v) is 4.88. The Morgan fingerprint density at radius 1 is 0.650 bits per heavy atom. The second kappa shape index (κ2) is 5.00. The molecule has 2 aromatic carbocycles. The van der Waals surface area contributed by atoms with E-state index in [1.807, 2.05) is 36.4 Å². The Balaban J connectivity index is 1.80. The predicted octanol–water partition coefficient (Wildman–Crippen LogP) is 1.72. The highest BCUT2D eigenvalue weighted by Gasteiger charge is 2.44. The number of aliphatic hydroxyl groups is 2. The van der Waals surface area contributed by atoms with Crippen LogP contribution in [-0.2, 0) is 21.0 Å². The lowest BCUT2D eigenvalue weighted by Crippen LogP contribution is -2.50. The van der Waals surface area contributed by atoms with Crippen LogP contribution >= 0.6 is 0 Å². The smallest absolute Gasteiger partial charge is 0.217 e. The summed E-state index contributed by atoms with van der Waals surface area (Å²) in [5, 5.41) is 20.9. The summed E-state index contributed by atoms with van der Waals surface area (Å²) in [4.78, 5) is 0. The summed E-state index contributed by atoms with van der Waals surface area (Å²) in [5.41, 5.74) is 1.21. The van der Waals surface area contributed by atoms with Crippen LogP contribution in [0, 0.1) is 0 Å². The van der Waals surface area contributed by atoms with Gasteiger partial charge in [0, 0.05) is 11.1 Å². The maximum Gasteiger partial charge on any atom is 0.217 e. The molecule has 0 aromatic heterocycles. The van der Waals surface area contributed by atoms with Crippen LogP contribution in [0.3, 0.4) is 0 Å². The van der Waals surface area contributed by atoms with Crippen LogP contribution < -0.4 is 0 Å². The molecule has 0 radical (unpaired) electrons. The number of ether oxygens (including phenoxy) is 2. The summed E-state index contributed by atoms with van der Waals surface area (Å²) in [6, 6.07) is 18.0. The Morgan fingerprint density at radius 2 is 1.00 bits per heavy atom. The van der Waals surface area contributed by atoms with Gasteiger partial charge in [-0.1, -0.05) is 60.7 Å². The van der Waals surface area contributed by atoms with Crippen LogP contribution in [0.25, 0.3) is 0 Å². The lowest BCUT2D eigenvalue weighted by molar-refractivity contribution is -0.378. The first kappa shape index (κ1) is 13.3. The van der Waals surface area contributed by atoms with Gasteiger partial charge in [-0.25, -0.2) is 0 Å². The van der Waals surface area contributed by atoms with Crippen molar-refractivity contribution < 1.29 is 19.7 Å². The molecule has 3 rings (SSSR count). The van der Waals surface area contributed by atoms with Gasteiger partial charge in [-0.05, 0) is 0 Å². The molecular weight excluding hydrogens is 256 g/mol. The molecule has 20 heavy (non-hydrogen) atoms. The third-order valence-electron chi connectivity index (χ3n) is 3.46. The van der Waals surface area contributed by atoms with Crippen molar-refractivity contribution in [2.75, 3.05) is 13.2 Å². The van der Waals surface area contributed by atoms with Crippen LogP contribution in [0.2, 0.25) is 0 Å². The number of hydrogen-bond acceptors (Lipinski definition) is 4. The van der Waals surface area contributed by atoms with E-state index in [1.54, 1.807) is 24.3 Å². The molecular formula is C16H16O4. The summed E-state index contributed by atoms with van der Waals surface area (Å²) in [7, 11) is 0. The fourth-order valence-corrected chi connectivity index (χ4v) is 2.25. The number of rotatable bonds is 2. The third kappa shape index (κ3) is 2.34. The largest absolute Gasteiger partial charge is 0.360 e. The predicted molar refractivity (Wildman–Crippen MR) is 72.6 cm³/mol. The van der Waals surface area contributed by atoms with Crippen LogP contribution in [0.1, 0.15) is 11.1 Å². The quantitative estimate of drug-likeness (QED) is 0.874. The second-order valence-electron chi connectivity index (χ2n) is 4.88. The van der Waals surface area contributed by atoms with E-state index in [-0.39, 0.29) is 13.2 Å². The van der Waals surface area contributed by atoms with Gasteiger partial charge in [-0.15, -0.1) is 0 Å². The van der Waals surface area contributed by atoms with Crippen molar-refractivity contribution in [1.82, 2.24) is 0 Å². The molecule has 0 saturated carbocycles. The molecule has 1 heterocycles. The molecule has 2 N–H and O–H groups in total. The molecule has 1 aliphatic heterocycles. The lowest BCUT2D eigenvalue weighted by Gasteiger charge is -2.41. The van der Waals surface area contributed by atoms with Gasteiger partial charge in [0.25, 0.3) is 0 Å². The van der Waals surface area contributed by atoms with E-state index in [4.69, 9.17) is 9.47 Å². The minimum absolute atomic E-state index is 0.137. The zero-order valence-corrected chi connectivity index (χ0v) is 10.9. The molecule has 4 heteroatoms. The third-order valence-corrected chi connectivity index (χ3v) is 3.46. The maximum atomic E-state index is 10.5. The van der Waals surface area contributed by atoms with Gasteiger partial charge >= 0.3 is 0 Å². The molecule has 2 atom stereocenters. The van der Waals surface area contributed by atoms with E-state index >= 15 is 0 Å². The van der Waals surface area contributed by atoms with Crippen molar-refractivity contribution in [2.24, 2.45) is 0 Å². The molecule has 1 saturated heterocycles. The van der Waals surface area contributed by atoms with Crippen LogP contribution in [0.15, 0.2) is 60.7 Å². The Morgan fingerprint density at radius 3 is 1.30 bits per heavy atom. The van der Waals surface area contributed by atoms with E-state index < -0.39 is 11.6 Å². The summed E-state index contributed by atoms with van der Waals surface area (Å²) >= 11 is 0. The van der Waals surface area contributed by atoms with Gasteiger partial charge in [-0.3, -0.25) is 0 Å². The monoisotopic (exact) mass is 272 g/mol. The fraction of sp³-hybridized carbons (Fsp3) is 0.250. The van der Waals surface area contributed by atoms with Gasteiger partial charge < -0.3 is 19.7 Å². The first-order chi connectivity index (χ1) is 9.62. The van der Waals surface area contributed by atoms with E-state index in [1.165, 1.54) is 0 Å². The maximum absolute atomic E-state index is 10.5. The molecule has 2 aromatic rings. The Bertz CT molecular complexity index is 506. The fourth-order valence-electron chi connectivity index (χ4n) is 2.25.